The first kappa shape index (κ1) is 91.5. The number of aliphatic hydroxyl groups is 6. The molecular formula is C82H88Cl2F3N11O26. The molecule has 42 heteroatoms. The molecule has 0 radical (unpaired) electrons. The normalized spacial score (nSPS) is 26.2. The van der Waals surface area contributed by atoms with Crippen molar-refractivity contribution < 1.29 is 141 Å². The predicted octanol–water partition coefficient (Wildman–Crippen LogP) is 3.44. The van der Waals surface area contributed by atoms with Gasteiger partial charge in [-0.1, -0.05) is 79.5 Å². The Labute approximate surface area is 712 Å². The molecule has 124 heavy (non-hydrogen) atoms. The third-order valence-corrected chi connectivity index (χ3v) is 21.9. The van der Waals surface area contributed by atoms with Crippen molar-refractivity contribution in [1.29, 1.82) is 0 Å². The number of halogens is 5. The van der Waals surface area contributed by atoms with Crippen molar-refractivity contribution in [3.63, 3.8) is 0 Å². The van der Waals surface area contributed by atoms with Gasteiger partial charge in [-0.2, -0.15) is 0 Å². The van der Waals surface area contributed by atoms with Gasteiger partial charge in [-0.3, -0.25) is 48.4 Å². The molecule has 2 saturated heterocycles. The van der Waals surface area contributed by atoms with E-state index in [-0.39, 0.29) is 48.4 Å². The number of ether oxygens (including phenoxy) is 7. The van der Waals surface area contributed by atoms with Crippen LogP contribution in [0.5, 0.6) is 51.7 Å². The van der Waals surface area contributed by atoms with E-state index >= 15 is 19.2 Å². The van der Waals surface area contributed by atoms with Gasteiger partial charge in [-0.05, 0) is 151 Å². The van der Waals surface area contributed by atoms with E-state index in [1.807, 2.05) is 0 Å². The number of phenols is 3. The van der Waals surface area contributed by atoms with Gasteiger partial charge in [0.2, 0.25) is 59.3 Å². The van der Waals surface area contributed by atoms with E-state index in [1.54, 1.807) is 45.0 Å². The van der Waals surface area contributed by atoms with Gasteiger partial charge in [-0.25, -0.2) is 5.48 Å². The number of likely N-dealkylation sites (N-methyl/N-ethyl adjacent to an activating group) is 1. The highest BCUT2D eigenvalue weighted by Gasteiger charge is 2.52. The number of amides is 9. The number of nitrogens with two attached hydrogens (primary N) is 1. The van der Waals surface area contributed by atoms with Gasteiger partial charge in [-0.15, -0.1) is 13.2 Å². The Morgan fingerprint density at radius 1 is 0.694 bits per heavy atom. The summed E-state index contributed by atoms with van der Waals surface area (Å²) in [7, 11) is 1.46. The predicted molar refractivity (Wildman–Crippen MR) is 426 cm³/mol. The van der Waals surface area contributed by atoms with Gasteiger partial charge < -0.3 is 133 Å². The van der Waals surface area contributed by atoms with Crippen molar-refractivity contribution in [2.24, 2.45) is 11.7 Å². The number of carbonyl (C=O) groups is 9. The zero-order valence-corrected chi connectivity index (χ0v) is 67.7. The molecule has 0 spiro atoms. The van der Waals surface area contributed by atoms with Gasteiger partial charge in [0.1, 0.15) is 101 Å². The average Bonchev–Trinajstić information content (AvgIpc) is 0.783. The Morgan fingerprint density at radius 3 is 1.95 bits per heavy atom. The number of primary amides is 1. The molecule has 2 fully saturated rings. The number of hydrogen-bond donors (Lipinski definition) is 21. The summed E-state index contributed by atoms with van der Waals surface area (Å²) >= 11 is 14.3. The number of fused-ring (bicyclic) bond motifs is 15. The number of hydroxylamine groups is 1. The van der Waals surface area contributed by atoms with Crippen LogP contribution in [-0.4, -0.2) is 203 Å². The minimum absolute atomic E-state index is 0.0156. The summed E-state index contributed by atoms with van der Waals surface area (Å²) in [6.07, 6.45) is -24.8. The molecule has 9 amide bonds. The molecular weight excluding hydrogens is 1680 g/mol. The number of anilines is 1. The summed E-state index contributed by atoms with van der Waals surface area (Å²) in [4.78, 5) is 132. The van der Waals surface area contributed by atoms with Crippen molar-refractivity contribution in [3.8, 4) is 62.9 Å². The second-order valence-electron chi connectivity index (χ2n) is 30.7. The first-order valence-corrected chi connectivity index (χ1v) is 39.3. The highest BCUT2D eigenvalue weighted by molar-refractivity contribution is 6.32. The number of rotatable bonds is 20. The molecule has 37 nitrogen and oxygen atoms in total. The maximum absolute atomic E-state index is 16.3. The number of phenolic OH excluding ortho intramolecular Hbond substituents is 3. The quantitative estimate of drug-likeness (QED) is 0.0384. The Morgan fingerprint density at radius 2 is 1.33 bits per heavy atom. The van der Waals surface area contributed by atoms with E-state index in [2.05, 4.69) is 52.6 Å². The smallest absolute Gasteiger partial charge is 0.508 e. The summed E-state index contributed by atoms with van der Waals surface area (Å²) < 4.78 is 81.8. The van der Waals surface area contributed by atoms with E-state index < -0.39 is 266 Å². The van der Waals surface area contributed by atoms with Crippen LogP contribution < -0.4 is 78.0 Å². The summed E-state index contributed by atoms with van der Waals surface area (Å²) in [5, 5.41) is 139. The lowest BCUT2D eigenvalue weighted by Gasteiger charge is -2.48. The van der Waals surface area contributed by atoms with Gasteiger partial charge >= 0.3 is 6.36 Å². The van der Waals surface area contributed by atoms with Crippen LogP contribution in [0, 0.1) is 5.92 Å². The van der Waals surface area contributed by atoms with Crippen LogP contribution in [0.25, 0.3) is 11.1 Å². The molecule has 11 bridgehead atoms. The minimum Gasteiger partial charge on any atom is -0.508 e. The van der Waals surface area contributed by atoms with E-state index in [1.165, 1.54) is 37.7 Å². The van der Waals surface area contributed by atoms with Gasteiger partial charge in [0, 0.05) is 41.4 Å². The number of alkyl halides is 3. The molecule has 7 aliphatic heterocycles. The fourth-order valence-corrected chi connectivity index (χ4v) is 15.4. The van der Waals surface area contributed by atoms with Crippen LogP contribution in [0.2, 0.25) is 10.0 Å². The standard InChI is InChI=1S/C82H88Cl2F3N11O26/c1-33(2)19-48(89-5)73(110)96-64-66(105)38-12-17-52(46(83)23-38)119-54-25-40-26-55(70(54)123-80-71(69(108)68(107)56(32-99)121-80)122-59-30-81(4,72(109)34(3)118-59)90-31-36-7-6-8-41(20-36)91-58(104)21-35-9-14-43(15-10-35)124-82(85,86)87)120-53-18-13-39(24-47(53)84)67(106)65-78(115)95-63(79(116)98-117)45-27-42(100)28-51(102)60(45)44-22-37(11-16-50(44)101)61(75(112)97-65)94-76(113)62(40)93-74(111)49(29-57(88)103)92-77(64)114/h6-18,20,22-28,33-34,48-49,56,59,61-69,71-72,80,89-90,99-102,105-109,117H,19,21,29-32H2,1-5H3,(H2,88,103)(H,91,104)(H,92,114)(H,93,111)(H,94,113)(H,95,115)(H,96,110)(H,97,112)(H,98,116). The van der Waals surface area contributed by atoms with Gasteiger partial charge in [0.25, 0.3) is 5.91 Å². The molecule has 662 valence electrons. The number of carbonyl (C=O) groups excluding carboxylic acids is 9. The Kier molecular flexibility index (Phi) is 28.2. The lowest BCUT2D eigenvalue weighted by Crippen LogP contribution is -2.65. The van der Waals surface area contributed by atoms with Crippen molar-refractivity contribution in [2.45, 2.75) is 176 Å². The summed E-state index contributed by atoms with van der Waals surface area (Å²) in [6.45, 7) is 5.66. The molecule has 22 N–H and O–H groups in total. The van der Waals surface area contributed by atoms with E-state index in [0.717, 1.165) is 84.9 Å². The molecule has 7 aliphatic rings. The summed E-state index contributed by atoms with van der Waals surface area (Å²) in [5.41, 5.74) is 4.00. The first-order valence-electron chi connectivity index (χ1n) is 38.6. The molecule has 18 unspecified atom stereocenters. The monoisotopic (exact) mass is 1770 g/mol. The highest BCUT2D eigenvalue weighted by atomic mass is 35.5. The van der Waals surface area contributed by atoms with Crippen molar-refractivity contribution in [3.05, 3.63) is 176 Å². The third-order valence-electron chi connectivity index (χ3n) is 21.3. The maximum atomic E-state index is 16.3. The van der Waals surface area contributed by atoms with Gasteiger partial charge in [0.05, 0.1) is 47.7 Å². The van der Waals surface area contributed by atoms with E-state index in [9.17, 15) is 88.3 Å². The maximum Gasteiger partial charge on any atom is 0.573 e. The number of nitrogens with one attached hydrogen (secondary N) is 10. The highest BCUT2D eigenvalue weighted by Crippen LogP contribution is 2.50. The summed E-state index contributed by atoms with van der Waals surface area (Å²) in [5.74, 6) is -17.2. The zero-order valence-electron chi connectivity index (χ0n) is 66.2. The number of aromatic hydroxyl groups is 3. The number of benzene rings is 7. The zero-order chi connectivity index (χ0) is 89.8. The largest absolute Gasteiger partial charge is 0.573 e. The Balaban J connectivity index is 0.996. The third kappa shape index (κ3) is 20.8. The van der Waals surface area contributed by atoms with E-state index in [0.29, 0.717) is 16.8 Å². The Bertz CT molecular complexity index is 5240. The molecule has 14 rings (SSSR count). The molecule has 0 aromatic heterocycles. The Hall–Kier alpha value is -11.7. The van der Waals surface area contributed by atoms with Crippen LogP contribution in [0.3, 0.4) is 0 Å². The molecule has 7 heterocycles. The van der Waals surface area contributed by atoms with Crippen LogP contribution >= 0.6 is 23.2 Å². The van der Waals surface area contributed by atoms with E-state index in [4.69, 9.17) is 57.4 Å². The van der Waals surface area contributed by atoms with Crippen LogP contribution in [0.4, 0.5) is 18.9 Å². The second-order valence-corrected chi connectivity index (χ2v) is 31.5. The molecule has 18 atom stereocenters. The molecule has 0 aliphatic carbocycles. The lowest BCUT2D eigenvalue weighted by molar-refractivity contribution is -0.334. The first-order chi connectivity index (χ1) is 58.7. The fourth-order valence-electron chi connectivity index (χ4n) is 15.0. The molecule has 7 aromatic rings. The second kappa shape index (κ2) is 38.2. The van der Waals surface area contributed by atoms with Crippen LogP contribution in [-0.2, 0) is 70.3 Å². The molecule has 0 saturated carbocycles. The topological polar surface area (TPSA) is 567 Å². The minimum atomic E-state index is -4.93. The van der Waals surface area contributed by atoms with Crippen molar-refractivity contribution >= 4 is 82.1 Å². The fraction of sp³-hybridized carbons (Fsp3) is 0.378. The van der Waals surface area contributed by atoms with Gasteiger partial charge in [0.15, 0.2) is 23.9 Å². The van der Waals surface area contributed by atoms with Crippen LogP contribution in [0.15, 0.2) is 127 Å². The SMILES string of the molecule is CNC(CC(C)C)C(=O)NC1C(=O)NC(CC(N)=O)C(=O)NC2C(=O)NC3C(=O)NC(C(=O)NC(C(=O)NO)c4cc(O)cc(O)c4-c4cc3ccc4O)C(O)c3ccc(c(Cl)c3)Oc3cc2cc(c3OC2OC(CO)C(O)C(O)C2OC2CC(C)(NCc3cccc(NC(=O)Cc4ccc(OC(F)(F)F)cc4)c3)C(O)C(C)O2)Oc2ccc(cc2Cl)C1O. The van der Waals surface area contributed by atoms with Crippen molar-refractivity contribution in [2.75, 3.05) is 19.0 Å². The lowest BCUT2D eigenvalue weighted by atomic mass is 9.84. The van der Waals surface area contributed by atoms with Crippen molar-refractivity contribution in [1.82, 2.24) is 48.0 Å². The summed E-state index contributed by atoms with van der Waals surface area (Å²) in [6, 6.07) is 10.1. The average molecular weight is 1770 g/mol. The molecule has 7 aromatic carbocycles. The van der Waals surface area contributed by atoms with Crippen LogP contribution in [0.1, 0.15) is 116 Å². The number of aliphatic hydroxyl groups excluding tert-OH is 6. The number of hydrogen-bond acceptors (Lipinski definition) is 28.